The Balaban J connectivity index is 3.47. The summed E-state index contributed by atoms with van der Waals surface area (Å²) in [5.41, 5.74) is 0. The molecule has 0 aromatic carbocycles. The first-order chi connectivity index (χ1) is 3.68. The first-order valence-corrected chi connectivity index (χ1v) is 3.22. The van der Waals surface area contributed by atoms with Gasteiger partial charge in [0.1, 0.15) is 12.3 Å². The lowest BCUT2D eigenvalue weighted by Crippen LogP contribution is -2.76. The smallest absolute Gasteiger partial charge is 0.149 e. The quantitative estimate of drug-likeness (QED) is 0.493. The van der Waals surface area contributed by atoms with Crippen molar-refractivity contribution >= 4 is 6.21 Å². The lowest BCUT2D eigenvalue weighted by Gasteiger charge is -2.02. The highest BCUT2D eigenvalue weighted by molar-refractivity contribution is 5.45. The van der Waals surface area contributed by atoms with Gasteiger partial charge in [0.25, 0.3) is 0 Å². The molecule has 0 amide bonds. The molecule has 1 atom stereocenters. The second-order valence-corrected chi connectivity index (χ2v) is 2.49. The third-order valence-electron chi connectivity index (χ3n) is 1.43. The minimum atomic E-state index is 0.611. The Hall–Kier alpha value is -0.330. The van der Waals surface area contributed by atoms with Crippen molar-refractivity contribution < 1.29 is 4.99 Å². The molecular weight excluding hydrogens is 98.1 g/mol. The number of rotatable bonds is 2. The summed E-state index contributed by atoms with van der Waals surface area (Å²) >= 11 is 0. The van der Waals surface area contributed by atoms with E-state index in [1.165, 1.54) is 0 Å². The molecule has 0 rings (SSSR count). The fourth-order valence-corrected chi connectivity index (χ4v) is 0.455. The molecule has 0 aromatic rings. The standard InChI is InChI=1S/C7H15N/c1-5-8-7(4)6(2)3/h5-7H,1-4H3/p+1. The molecule has 1 heteroatoms. The van der Waals surface area contributed by atoms with Gasteiger partial charge >= 0.3 is 0 Å². The molecule has 0 heterocycles. The van der Waals surface area contributed by atoms with Crippen molar-refractivity contribution in [1.82, 2.24) is 0 Å². The minimum Gasteiger partial charge on any atom is -0.249 e. The normalized spacial score (nSPS) is 15.6. The molecule has 1 nitrogen and oxygen atoms in total. The van der Waals surface area contributed by atoms with Crippen molar-refractivity contribution in [3.63, 3.8) is 0 Å². The van der Waals surface area contributed by atoms with Crippen molar-refractivity contribution in [3.05, 3.63) is 0 Å². The van der Waals surface area contributed by atoms with Gasteiger partial charge in [-0.1, -0.05) is 13.8 Å². The van der Waals surface area contributed by atoms with Gasteiger partial charge in [0.2, 0.25) is 0 Å². The molecule has 1 N–H and O–H groups in total. The summed E-state index contributed by atoms with van der Waals surface area (Å²) in [5, 5.41) is 0. The second-order valence-electron chi connectivity index (χ2n) is 2.49. The molecule has 48 valence electrons. The molecule has 0 aromatic heterocycles. The maximum absolute atomic E-state index is 3.22. The van der Waals surface area contributed by atoms with Crippen LogP contribution in [0.15, 0.2) is 0 Å². The minimum absolute atomic E-state index is 0.611. The average Bonchev–Trinajstić information content (AvgIpc) is 1.67. The summed E-state index contributed by atoms with van der Waals surface area (Å²) < 4.78 is 0. The van der Waals surface area contributed by atoms with Gasteiger partial charge in [-0.25, -0.2) is 4.99 Å². The van der Waals surface area contributed by atoms with Crippen LogP contribution in [-0.2, 0) is 0 Å². The Kier molecular flexibility index (Phi) is 3.49. The molecule has 1 unspecified atom stereocenters. The van der Waals surface area contributed by atoms with Crippen LogP contribution in [0.4, 0.5) is 0 Å². The van der Waals surface area contributed by atoms with Crippen LogP contribution >= 0.6 is 0 Å². The second kappa shape index (κ2) is 3.65. The van der Waals surface area contributed by atoms with Gasteiger partial charge in [-0.05, 0) is 6.92 Å². The maximum atomic E-state index is 3.22. The van der Waals surface area contributed by atoms with E-state index in [-0.39, 0.29) is 0 Å². The van der Waals surface area contributed by atoms with Crippen molar-refractivity contribution in [1.29, 1.82) is 0 Å². The summed E-state index contributed by atoms with van der Waals surface area (Å²) in [6.45, 7) is 8.62. The zero-order valence-corrected chi connectivity index (χ0v) is 6.23. The van der Waals surface area contributed by atoms with Gasteiger partial charge in [0.05, 0.1) is 0 Å². The summed E-state index contributed by atoms with van der Waals surface area (Å²) in [6, 6.07) is 0.611. The molecule has 0 bridgehead atoms. The van der Waals surface area contributed by atoms with Crippen LogP contribution in [0.5, 0.6) is 0 Å². The van der Waals surface area contributed by atoms with Gasteiger partial charge in [0, 0.05) is 12.8 Å². The van der Waals surface area contributed by atoms with Crippen LogP contribution in [0.3, 0.4) is 0 Å². The molecule has 0 saturated carbocycles. The zero-order valence-electron chi connectivity index (χ0n) is 6.23. The van der Waals surface area contributed by atoms with E-state index in [2.05, 4.69) is 25.8 Å². The van der Waals surface area contributed by atoms with E-state index in [1.54, 1.807) is 0 Å². The van der Waals surface area contributed by atoms with Crippen molar-refractivity contribution in [2.45, 2.75) is 33.7 Å². The first-order valence-electron chi connectivity index (χ1n) is 3.22. The van der Waals surface area contributed by atoms with Gasteiger partial charge in [-0.3, -0.25) is 0 Å². The SMILES string of the molecule is CC=[NH+]C(C)C(C)C. The first kappa shape index (κ1) is 7.67. The maximum Gasteiger partial charge on any atom is 0.149 e. The predicted molar refractivity (Wildman–Crippen MR) is 37.0 cm³/mol. The summed E-state index contributed by atoms with van der Waals surface area (Å²) in [5.74, 6) is 0.728. The van der Waals surface area contributed by atoms with E-state index in [0.717, 1.165) is 5.92 Å². The molecule has 8 heavy (non-hydrogen) atoms. The van der Waals surface area contributed by atoms with Crippen molar-refractivity contribution in [2.75, 3.05) is 0 Å². The Morgan fingerprint density at radius 1 is 1.25 bits per heavy atom. The van der Waals surface area contributed by atoms with Crippen molar-refractivity contribution in [2.24, 2.45) is 5.92 Å². The fourth-order valence-electron chi connectivity index (χ4n) is 0.455. The van der Waals surface area contributed by atoms with Crippen LogP contribution in [0.2, 0.25) is 0 Å². The van der Waals surface area contributed by atoms with Gasteiger partial charge in [-0.15, -0.1) is 0 Å². The highest BCUT2D eigenvalue weighted by Gasteiger charge is 2.06. The van der Waals surface area contributed by atoms with Crippen LogP contribution in [0.25, 0.3) is 0 Å². The molecule has 0 aliphatic heterocycles. The summed E-state index contributed by atoms with van der Waals surface area (Å²) in [4.78, 5) is 3.22. The lowest BCUT2D eigenvalue weighted by molar-refractivity contribution is -0.502. The molecule has 0 aliphatic carbocycles. The van der Waals surface area contributed by atoms with E-state index < -0.39 is 0 Å². The molecule has 0 spiro atoms. The Morgan fingerprint density at radius 2 is 1.75 bits per heavy atom. The number of nitrogens with one attached hydrogen (secondary N) is 1. The molecule has 0 saturated heterocycles. The predicted octanol–water partition coefficient (Wildman–Crippen LogP) is 0.202. The monoisotopic (exact) mass is 114 g/mol. The molecule has 0 aliphatic rings. The third-order valence-corrected chi connectivity index (χ3v) is 1.43. The third kappa shape index (κ3) is 2.78. The largest absolute Gasteiger partial charge is 0.249 e. The molecule has 0 fully saturated rings. The van der Waals surface area contributed by atoms with Crippen molar-refractivity contribution in [3.8, 4) is 0 Å². The molecule has 0 radical (unpaired) electrons. The summed E-state index contributed by atoms with van der Waals surface area (Å²) in [6.07, 6.45) is 1.99. The van der Waals surface area contributed by atoms with E-state index in [9.17, 15) is 0 Å². The van der Waals surface area contributed by atoms with E-state index in [1.807, 2.05) is 13.1 Å². The van der Waals surface area contributed by atoms with Gasteiger partial charge in [0.15, 0.2) is 0 Å². The average molecular weight is 114 g/mol. The zero-order chi connectivity index (χ0) is 6.57. The van der Waals surface area contributed by atoms with E-state index in [0.29, 0.717) is 6.04 Å². The Morgan fingerprint density at radius 3 is 1.88 bits per heavy atom. The molecular formula is C7H16N+. The highest BCUT2D eigenvalue weighted by Crippen LogP contribution is 1.92. The lowest BCUT2D eigenvalue weighted by atomic mass is 10.1. The Bertz CT molecular complexity index is 74.5. The van der Waals surface area contributed by atoms with Crippen LogP contribution in [-0.4, -0.2) is 12.3 Å². The Labute approximate surface area is 51.8 Å². The van der Waals surface area contributed by atoms with Gasteiger partial charge < -0.3 is 0 Å². The van der Waals surface area contributed by atoms with Crippen LogP contribution in [0.1, 0.15) is 27.7 Å². The van der Waals surface area contributed by atoms with Crippen LogP contribution < -0.4 is 4.99 Å². The van der Waals surface area contributed by atoms with E-state index in [4.69, 9.17) is 0 Å². The summed E-state index contributed by atoms with van der Waals surface area (Å²) in [7, 11) is 0. The highest BCUT2D eigenvalue weighted by atomic mass is 14.8. The fraction of sp³-hybridized carbons (Fsp3) is 0.857. The van der Waals surface area contributed by atoms with E-state index >= 15 is 0 Å². The number of hydrogen-bond donors (Lipinski definition) is 1. The topological polar surface area (TPSA) is 14.0 Å². The van der Waals surface area contributed by atoms with Gasteiger partial charge in [-0.2, -0.15) is 0 Å². The van der Waals surface area contributed by atoms with Crippen LogP contribution in [0, 0.1) is 5.92 Å². The number of hydrogen-bond acceptors (Lipinski definition) is 0.